The summed E-state index contributed by atoms with van der Waals surface area (Å²) < 4.78 is 7.35. The molecule has 2 rings (SSSR count). The Balaban J connectivity index is 1.90. The second-order valence-corrected chi connectivity index (χ2v) is 5.20. The third-order valence-corrected chi connectivity index (χ3v) is 3.51. The molecule has 4 heteroatoms. The first-order chi connectivity index (χ1) is 8.16. The number of nitrogens with zero attached hydrogens (tertiary/aromatic N) is 2. The highest BCUT2D eigenvalue weighted by Gasteiger charge is 2.21. The standard InChI is InChI=1S/C13H23N3O/c1-10(2)16-6-3-12(15-16)9-13(14)11-4-7-17-8-5-11/h3,6,10-11,13H,4-5,7-9,14H2,1-2H3. The summed E-state index contributed by atoms with van der Waals surface area (Å²) in [5.41, 5.74) is 7.37. The molecule has 0 saturated carbocycles. The van der Waals surface area contributed by atoms with Crippen molar-refractivity contribution in [1.82, 2.24) is 9.78 Å². The number of rotatable bonds is 4. The molecule has 1 aliphatic rings. The van der Waals surface area contributed by atoms with Gasteiger partial charge < -0.3 is 10.5 Å². The second kappa shape index (κ2) is 5.65. The Kier molecular flexibility index (Phi) is 4.18. The van der Waals surface area contributed by atoms with Crippen molar-refractivity contribution in [3.05, 3.63) is 18.0 Å². The van der Waals surface area contributed by atoms with Gasteiger partial charge in [0.1, 0.15) is 0 Å². The van der Waals surface area contributed by atoms with Crippen LogP contribution in [0.5, 0.6) is 0 Å². The zero-order valence-corrected chi connectivity index (χ0v) is 10.8. The van der Waals surface area contributed by atoms with Crippen LogP contribution in [0.4, 0.5) is 0 Å². The van der Waals surface area contributed by atoms with Crippen molar-refractivity contribution >= 4 is 0 Å². The molecule has 96 valence electrons. The Labute approximate surface area is 103 Å². The van der Waals surface area contributed by atoms with Gasteiger partial charge in [-0.05, 0) is 38.7 Å². The quantitative estimate of drug-likeness (QED) is 0.868. The van der Waals surface area contributed by atoms with Crippen LogP contribution in [-0.2, 0) is 11.2 Å². The highest BCUT2D eigenvalue weighted by Crippen LogP contribution is 2.19. The molecule has 17 heavy (non-hydrogen) atoms. The van der Waals surface area contributed by atoms with Crippen molar-refractivity contribution in [3.63, 3.8) is 0 Å². The summed E-state index contributed by atoms with van der Waals surface area (Å²) in [6.45, 7) is 5.99. The van der Waals surface area contributed by atoms with Crippen LogP contribution < -0.4 is 5.73 Å². The molecule has 2 heterocycles. The van der Waals surface area contributed by atoms with Crippen molar-refractivity contribution in [2.75, 3.05) is 13.2 Å². The highest BCUT2D eigenvalue weighted by atomic mass is 16.5. The Bertz CT molecular complexity index is 342. The molecule has 2 N–H and O–H groups in total. The molecule has 0 amide bonds. The molecule has 1 unspecified atom stereocenters. The molecule has 1 aromatic heterocycles. The number of ether oxygens (including phenoxy) is 1. The van der Waals surface area contributed by atoms with Crippen LogP contribution in [0.2, 0.25) is 0 Å². The summed E-state index contributed by atoms with van der Waals surface area (Å²) in [5, 5.41) is 4.55. The topological polar surface area (TPSA) is 53.1 Å². The number of hydrogen-bond acceptors (Lipinski definition) is 3. The first-order valence-electron chi connectivity index (χ1n) is 6.54. The van der Waals surface area contributed by atoms with Crippen LogP contribution in [0.25, 0.3) is 0 Å². The molecule has 1 saturated heterocycles. The van der Waals surface area contributed by atoms with Gasteiger partial charge in [0.2, 0.25) is 0 Å². The fraction of sp³-hybridized carbons (Fsp3) is 0.769. The highest BCUT2D eigenvalue weighted by molar-refractivity contribution is 5.02. The van der Waals surface area contributed by atoms with Gasteiger partial charge in [-0.15, -0.1) is 0 Å². The lowest BCUT2D eigenvalue weighted by molar-refractivity contribution is 0.0583. The maximum absolute atomic E-state index is 6.26. The lowest BCUT2D eigenvalue weighted by Crippen LogP contribution is -2.36. The van der Waals surface area contributed by atoms with Crippen molar-refractivity contribution < 1.29 is 4.74 Å². The molecule has 0 aliphatic carbocycles. The Morgan fingerprint density at radius 1 is 1.47 bits per heavy atom. The first-order valence-corrected chi connectivity index (χ1v) is 6.54. The maximum Gasteiger partial charge on any atom is 0.0640 e. The van der Waals surface area contributed by atoms with E-state index in [0.29, 0.717) is 12.0 Å². The van der Waals surface area contributed by atoms with E-state index in [1.54, 1.807) is 0 Å². The molecule has 1 atom stereocenters. The van der Waals surface area contributed by atoms with Crippen LogP contribution in [0.15, 0.2) is 12.3 Å². The van der Waals surface area contributed by atoms with Gasteiger partial charge in [-0.3, -0.25) is 4.68 Å². The maximum atomic E-state index is 6.26. The molecule has 0 spiro atoms. The third kappa shape index (κ3) is 3.30. The molecule has 0 bridgehead atoms. The van der Waals surface area contributed by atoms with Gasteiger partial charge >= 0.3 is 0 Å². The van der Waals surface area contributed by atoms with Gasteiger partial charge in [0.05, 0.1) is 5.69 Å². The number of hydrogen-bond donors (Lipinski definition) is 1. The summed E-state index contributed by atoms with van der Waals surface area (Å²) in [6.07, 6.45) is 5.10. The third-order valence-electron chi connectivity index (χ3n) is 3.51. The van der Waals surface area contributed by atoms with Crippen LogP contribution in [0, 0.1) is 5.92 Å². The Morgan fingerprint density at radius 2 is 2.18 bits per heavy atom. The van der Waals surface area contributed by atoms with Crippen molar-refractivity contribution in [1.29, 1.82) is 0 Å². The van der Waals surface area contributed by atoms with E-state index in [0.717, 1.165) is 38.2 Å². The molecular weight excluding hydrogens is 214 g/mol. The number of aromatic nitrogens is 2. The summed E-state index contributed by atoms with van der Waals surface area (Å²) in [4.78, 5) is 0. The van der Waals surface area contributed by atoms with E-state index in [2.05, 4.69) is 25.0 Å². The van der Waals surface area contributed by atoms with E-state index in [-0.39, 0.29) is 6.04 Å². The van der Waals surface area contributed by atoms with Crippen molar-refractivity contribution in [3.8, 4) is 0 Å². The second-order valence-electron chi connectivity index (χ2n) is 5.20. The van der Waals surface area contributed by atoms with E-state index in [9.17, 15) is 0 Å². The Hall–Kier alpha value is -0.870. The molecular formula is C13H23N3O. The average Bonchev–Trinajstić information content (AvgIpc) is 2.79. The zero-order valence-electron chi connectivity index (χ0n) is 10.8. The van der Waals surface area contributed by atoms with Gasteiger partial charge in [0, 0.05) is 37.9 Å². The van der Waals surface area contributed by atoms with E-state index >= 15 is 0 Å². The van der Waals surface area contributed by atoms with Gasteiger partial charge in [0.25, 0.3) is 0 Å². The molecule has 1 aliphatic heterocycles. The summed E-state index contributed by atoms with van der Waals surface area (Å²) in [7, 11) is 0. The molecule has 1 fully saturated rings. The molecule has 4 nitrogen and oxygen atoms in total. The fourth-order valence-electron chi connectivity index (χ4n) is 2.33. The van der Waals surface area contributed by atoms with E-state index in [1.807, 2.05) is 10.9 Å². The lowest BCUT2D eigenvalue weighted by Gasteiger charge is -2.27. The smallest absolute Gasteiger partial charge is 0.0640 e. The molecule has 0 aromatic carbocycles. The summed E-state index contributed by atoms with van der Waals surface area (Å²) in [5.74, 6) is 0.591. The molecule has 0 radical (unpaired) electrons. The molecule has 1 aromatic rings. The lowest BCUT2D eigenvalue weighted by atomic mass is 9.90. The van der Waals surface area contributed by atoms with Crippen LogP contribution in [-0.4, -0.2) is 29.0 Å². The van der Waals surface area contributed by atoms with E-state index in [1.165, 1.54) is 0 Å². The fourth-order valence-corrected chi connectivity index (χ4v) is 2.33. The minimum Gasteiger partial charge on any atom is -0.381 e. The van der Waals surface area contributed by atoms with Crippen molar-refractivity contribution in [2.24, 2.45) is 11.7 Å². The van der Waals surface area contributed by atoms with Crippen LogP contribution in [0.3, 0.4) is 0 Å². The minimum absolute atomic E-state index is 0.217. The predicted octanol–water partition coefficient (Wildman–Crippen LogP) is 1.76. The van der Waals surface area contributed by atoms with Gasteiger partial charge in [-0.2, -0.15) is 5.10 Å². The normalized spacial score (nSPS) is 19.8. The van der Waals surface area contributed by atoms with E-state index in [4.69, 9.17) is 10.5 Å². The van der Waals surface area contributed by atoms with Gasteiger partial charge in [-0.25, -0.2) is 0 Å². The van der Waals surface area contributed by atoms with Crippen molar-refractivity contribution in [2.45, 2.75) is 45.2 Å². The summed E-state index contributed by atoms with van der Waals surface area (Å²) in [6, 6.07) is 2.72. The Morgan fingerprint density at radius 3 is 2.76 bits per heavy atom. The summed E-state index contributed by atoms with van der Waals surface area (Å²) >= 11 is 0. The minimum atomic E-state index is 0.217. The zero-order chi connectivity index (χ0) is 12.3. The van der Waals surface area contributed by atoms with Crippen LogP contribution >= 0.6 is 0 Å². The predicted molar refractivity (Wildman–Crippen MR) is 67.8 cm³/mol. The largest absolute Gasteiger partial charge is 0.381 e. The van der Waals surface area contributed by atoms with E-state index < -0.39 is 0 Å². The van der Waals surface area contributed by atoms with Crippen LogP contribution in [0.1, 0.15) is 38.4 Å². The average molecular weight is 237 g/mol. The van der Waals surface area contributed by atoms with Gasteiger partial charge in [-0.1, -0.05) is 0 Å². The monoisotopic (exact) mass is 237 g/mol. The first kappa shape index (κ1) is 12.6. The number of nitrogens with two attached hydrogens (primary N) is 1. The van der Waals surface area contributed by atoms with Gasteiger partial charge in [0.15, 0.2) is 0 Å². The SMILES string of the molecule is CC(C)n1ccc(CC(N)C2CCOCC2)n1.